The number of carbonyl (C=O) groups is 1. The Bertz CT molecular complexity index is 612. The molecule has 3 N–H and O–H groups in total. The highest BCUT2D eigenvalue weighted by Crippen LogP contribution is 2.24. The Morgan fingerprint density at radius 3 is 3.05 bits per heavy atom. The molecule has 1 aromatic carbocycles. The summed E-state index contributed by atoms with van der Waals surface area (Å²) in [5.74, 6) is -0.333. The fraction of sp³-hybridized carbons (Fsp3) is 0.167. The largest absolute Gasteiger partial charge is 0.323 e. The molecule has 0 aliphatic carbocycles. The molecule has 0 saturated heterocycles. The lowest BCUT2D eigenvalue weighted by Crippen LogP contribution is -2.35. The number of nitrogens with two attached hydrogens (primary N) is 1. The van der Waals surface area contributed by atoms with Crippen molar-refractivity contribution in [3.8, 4) is 5.69 Å². The van der Waals surface area contributed by atoms with Gasteiger partial charge in [0, 0.05) is 0 Å². The van der Waals surface area contributed by atoms with E-state index in [1.54, 1.807) is 24.3 Å². The topological polar surface area (TPSA) is 98.7 Å². The molecule has 8 heteroatoms. The highest BCUT2D eigenvalue weighted by atomic mass is 35.5. The number of rotatable bonds is 5. The number of halogens is 1. The molecule has 1 amide bonds. The van der Waals surface area contributed by atoms with Gasteiger partial charge in [0.25, 0.3) is 0 Å². The van der Waals surface area contributed by atoms with Gasteiger partial charge in [0.1, 0.15) is 6.33 Å². The summed E-state index contributed by atoms with van der Waals surface area (Å²) >= 11 is 6.05. The summed E-state index contributed by atoms with van der Waals surface area (Å²) < 4.78 is 1.45. The fourth-order valence-corrected chi connectivity index (χ4v) is 1.71. The number of tetrazole rings is 1. The van der Waals surface area contributed by atoms with Crippen LogP contribution in [0, 0.1) is 0 Å². The van der Waals surface area contributed by atoms with Crippen molar-refractivity contribution >= 4 is 23.2 Å². The number of carbonyl (C=O) groups excluding carboxylic acids is 1. The van der Waals surface area contributed by atoms with Crippen LogP contribution in [0.15, 0.2) is 37.2 Å². The quantitative estimate of drug-likeness (QED) is 0.806. The maximum Gasteiger partial charge on any atom is 0.241 e. The van der Waals surface area contributed by atoms with Crippen molar-refractivity contribution < 1.29 is 4.79 Å². The van der Waals surface area contributed by atoms with Crippen LogP contribution in [0.25, 0.3) is 5.69 Å². The van der Waals surface area contributed by atoms with Crippen LogP contribution >= 0.6 is 11.6 Å². The number of nitrogens with one attached hydrogen (secondary N) is 1. The van der Waals surface area contributed by atoms with Crippen molar-refractivity contribution in [2.75, 3.05) is 5.32 Å². The van der Waals surface area contributed by atoms with Crippen molar-refractivity contribution in [2.24, 2.45) is 5.73 Å². The molecular weight excluding hydrogens is 280 g/mol. The monoisotopic (exact) mass is 292 g/mol. The van der Waals surface area contributed by atoms with Gasteiger partial charge in [0.2, 0.25) is 5.91 Å². The Balaban J connectivity index is 2.21. The maximum atomic E-state index is 11.9. The molecule has 7 nitrogen and oxygen atoms in total. The molecule has 0 bridgehead atoms. The molecule has 2 aromatic rings. The zero-order valence-electron chi connectivity index (χ0n) is 10.5. The van der Waals surface area contributed by atoms with Crippen LogP contribution in [0.4, 0.5) is 5.69 Å². The Morgan fingerprint density at radius 1 is 1.60 bits per heavy atom. The number of benzene rings is 1. The molecule has 1 aromatic heterocycles. The maximum absolute atomic E-state index is 11.9. The highest BCUT2D eigenvalue weighted by molar-refractivity contribution is 6.33. The van der Waals surface area contributed by atoms with Crippen LogP contribution in [0.5, 0.6) is 0 Å². The van der Waals surface area contributed by atoms with Gasteiger partial charge in [-0.05, 0) is 35.0 Å². The van der Waals surface area contributed by atoms with E-state index < -0.39 is 6.04 Å². The third kappa shape index (κ3) is 3.19. The molecule has 0 spiro atoms. The Hall–Kier alpha value is -2.25. The summed E-state index contributed by atoms with van der Waals surface area (Å²) in [6.45, 7) is 3.54. The predicted octanol–water partition coefficient (Wildman–Crippen LogP) is 1.16. The van der Waals surface area contributed by atoms with E-state index in [9.17, 15) is 4.79 Å². The van der Waals surface area contributed by atoms with Crippen molar-refractivity contribution in [3.05, 3.63) is 42.2 Å². The summed E-state index contributed by atoms with van der Waals surface area (Å²) in [6.07, 6.45) is 3.41. The number of hydrogen-bond donors (Lipinski definition) is 2. The third-order valence-corrected chi connectivity index (χ3v) is 2.91. The first kappa shape index (κ1) is 14.2. The molecule has 1 unspecified atom stereocenters. The molecule has 0 saturated carbocycles. The standard InChI is InChI=1S/C12H13ClN6O/c1-2-3-10(14)12(20)16-11-6-8(4-5-9(11)13)19-7-15-17-18-19/h2,4-7,10H,1,3,14H2,(H,16,20). The molecule has 0 radical (unpaired) electrons. The Kier molecular flexibility index (Phi) is 4.44. The Morgan fingerprint density at radius 2 is 2.40 bits per heavy atom. The van der Waals surface area contributed by atoms with Gasteiger partial charge >= 0.3 is 0 Å². The van der Waals surface area contributed by atoms with E-state index in [2.05, 4.69) is 27.4 Å². The first-order chi connectivity index (χ1) is 9.61. The van der Waals surface area contributed by atoms with Crippen LogP contribution in [0.2, 0.25) is 5.02 Å². The number of aromatic nitrogens is 4. The van der Waals surface area contributed by atoms with Gasteiger partial charge in [-0.1, -0.05) is 17.7 Å². The average molecular weight is 293 g/mol. The van der Waals surface area contributed by atoms with Crippen LogP contribution in [-0.4, -0.2) is 32.2 Å². The normalized spacial score (nSPS) is 11.9. The van der Waals surface area contributed by atoms with E-state index in [1.807, 2.05) is 0 Å². The molecule has 1 heterocycles. The molecule has 2 rings (SSSR count). The highest BCUT2D eigenvalue weighted by Gasteiger charge is 2.14. The molecular formula is C12H13ClN6O. The van der Waals surface area contributed by atoms with E-state index in [0.717, 1.165) is 0 Å². The van der Waals surface area contributed by atoms with Crippen LogP contribution in [0.1, 0.15) is 6.42 Å². The van der Waals surface area contributed by atoms with Crippen LogP contribution < -0.4 is 11.1 Å². The minimum atomic E-state index is -0.666. The van der Waals surface area contributed by atoms with Crippen molar-refractivity contribution in [3.63, 3.8) is 0 Å². The van der Waals surface area contributed by atoms with Gasteiger partial charge < -0.3 is 11.1 Å². The van der Waals surface area contributed by atoms with Crippen molar-refractivity contribution in [2.45, 2.75) is 12.5 Å². The fourth-order valence-electron chi connectivity index (χ4n) is 1.54. The second-order valence-electron chi connectivity index (χ2n) is 4.04. The summed E-state index contributed by atoms with van der Waals surface area (Å²) in [5, 5.41) is 13.9. The summed E-state index contributed by atoms with van der Waals surface area (Å²) in [7, 11) is 0. The smallest absolute Gasteiger partial charge is 0.241 e. The van der Waals surface area contributed by atoms with E-state index in [4.69, 9.17) is 17.3 Å². The first-order valence-corrected chi connectivity index (χ1v) is 6.20. The average Bonchev–Trinajstić information content (AvgIpc) is 2.95. The van der Waals surface area contributed by atoms with Crippen molar-refractivity contribution in [1.82, 2.24) is 20.2 Å². The number of amides is 1. The second-order valence-corrected chi connectivity index (χ2v) is 4.45. The zero-order chi connectivity index (χ0) is 14.5. The molecule has 0 aliphatic heterocycles. The van der Waals surface area contributed by atoms with Gasteiger partial charge in [-0.15, -0.1) is 11.7 Å². The minimum Gasteiger partial charge on any atom is -0.323 e. The SMILES string of the molecule is C=CCC(N)C(=O)Nc1cc(-n2cnnn2)ccc1Cl. The lowest BCUT2D eigenvalue weighted by atomic mass is 10.2. The summed E-state index contributed by atoms with van der Waals surface area (Å²) in [4.78, 5) is 11.9. The minimum absolute atomic E-state index is 0.333. The molecule has 0 fully saturated rings. The van der Waals surface area contributed by atoms with Gasteiger partial charge in [-0.3, -0.25) is 4.79 Å². The van der Waals surface area contributed by atoms with Gasteiger partial charge in [0.05, 0.1) is 22.4 Å². The summed E-state index contributed by atoms with van der Waals surface area (Å²) in [5.41, 5.74) is 6.82. The third-order valence-electron chi connectivity index (χ3n) is 2.58. The first-order valence-electron chi connectivity index (χ1n) is 5.82. The van der Waals surface area contributed by atoms with Gasteiger partial charge in [-0.2, -0.15) is 0 Å². The molecule has 20 heavy (non-hydrogen) atoms. The van der Waals surface area contributed by atoms with Crippen LogP contribution in [-0.2, 0) is 4.79 Å². The van der Waals surface area contributed by atoms with Gasteiger partial charge in [-0.25, -0.2) is 4.68 Å². The number of hydrogen-bond acceptors (Lipinski definition) is 5. The predicted molar refractivity (Wildman–Crippen MR) is 75.6 cm³/mol. The van der Waals surface area contributed by atoms with Crippen molar-refractivity contribution in [1.29, 1.82) is 0 Å². The van der Waals surface area contributed by atoms with E-state index in [0.29, 0.717) is 22.8 Å². The van der Waals surface area contributed by atoms with E-state index in [-0.39, 0.29) is 5.91 Å². The number of nitrogens with zero attached hydrogens (tertiary/aromatic N) is 4. The summed E-state index contributed by atoms with van der Waals surface area (Å²) in [6, 6.07) is 4.38. The zero-order valence-corrected chi connectivity index (χ0v) is 11.3. The molecule has 104 valence electrons. The van der Waals surface area contributed by atoms with E-state index >= 15 is 0 Å². The van der Waals surface area contributed by atoms with Gasteiger partial charge in [0.15, 0.2) is 0 Å². The molecule has 0 aliphatic rings. The van der Waals surface area contributed by atoms with E-state index in [1.165, 1.54) is 11.0 Å². The van der Waals surface area contributed by atoms with Crippen LogP contribution in [0.3, 0.4) is 0 Å². The lowest BCUT2D eigenvalue weighted by molar-refractivity contribution is -0.117. The second kappa shape index (κ2) is 6.27. The molecule has 1 atom stereocenters. The lowest BCUT2D eigenvalue weighted by Gasteiger charge is -2.12. The number of anilines is 1. The Labute approximate surface area is 120 Å².